The van der Waals surface area contributed by atoms with Crippen molar-refractivity contribution in [2.24, 2.45) is 0 Å². The van der Waals surface area contributed by atoms with E-state index in [1.165, 1.54) is 12.1 Å². The van der Waals surface area contributed by atoms with Crippen LogP contribution in [0, 0.1) is 0 Å². The number of aromatic hydroxyl groups is 1. The number of methoxy groups -OCH3 is 1. The summed E-state index contributed by atoms with van der Waals surface area (Å²) in [5.74, 6) is 0.872. The summed E-state index contributed by atoms with van der Waals surface area (Å²) >= 11 is 0. The zero-order chi connectivity index (χ0) is 19.1. The van der Waals surface area contributed by atoms with E-state index in [4.69, 9.17) is 9.47 Å². The average Bonchev–Trinajstić information content (AvgIpc) is 2.71. The first kappa shape index (κ1) is 18.3. The van der Waals surface area contributed by atoms with Crippen LogP contribution in [0.25, 0.3) is 6.08 Å². The predicted molar refractivity (Wildman–Crippen MR) is 105 cm³/mol. The van der Waals surface area contributed by atoms with E-state index in [-0.39, 0.29) is 17.1 Å². The molecular weight excluding hydrogens is 340 g/mol. The molecule has 4 heteroatoms. The lowest BCUT2D eigenvalue weighted by atomic mass is 10.1. The van der Waals surface area contributed by atoms with Crippen LogP contribution in [0.2, 0.25) is 0 Å². The van der Waals surface area contributed by atoms with E-state index >= 15 is 0 Å². The molecule has 136 valence electrons. The average molecular weight is 360 g/mol. The van der Waals surface area contributed by atoms with Crippen LogP contribution in [-0.2, 0) is 6.61 Å². The maximum Gasteiger partial charge on any atom is 0.189 e. The molecule has 3 rings (SSSR count). The van der Waals surface area contributed by atoms with E-state index in [1.54, 1.807) is 25.3 Å². The van der Waals surface area contributed by atoms with Crippen LogP contribution < -0.4 is 9.47 Å². The smallest absolute Gasteiger partial charge is 0.189 e. The second-order valence-corrected chi connectivity index (χ2v) is 5.92. The van der Waals surface area contributed by atoms with Gasteiger partial charge in [0.05, 0.1) is 12.7 Å². The third-order valence-corrected chi connectivity index (χ3v) is 4.03. The van der Waals surface area contributed by atoms with Crippen molar-refractivity contribution in [1.29, 1.82) is 0 Å². The molecule has 27 heavy (non-hydrogen) atoms. The van der Waals surface area contributed by atoms with Crippen LogP contribution in [-0.4, -0.2) is 18.0 Å². The molecule has 3 aromatic rings. The molecule has 0 amide bonds. The van der Waals surface area contributed by atoms with Crippen molar-refractivity contribution in [2.45, 2.75) is 6.61 Å². The van der Waals surface area contributed by atoms with E-state index in [0.29, 0.717) is 12.4 Å². The lowest BCUT2D eigenvalue weighted by molar-refractivity contribution is 0.104. The Labute approximate surface area is 158 Å². The number of phenols is 1. The lowest BCUT2D eigenvalue weighted by Gasteiger charge is -2.08. The van der Waals surface area contributed by atoms with Crippen molar-refractivity contribution in [3.63, 3.8) is 0 Å². The minimum Gasteiger partial charge on any atom is -0.507 e. The van der Waals surface area contributed by atoms with Gasteiger partial charge in [0.25, 0.3) is 0 Å². The van der Waals surface area contributed by atoms with Crippen molar-refractivity contribution in [1.82, 2.24) is 0 Å². The van der Waals surface area contributed by atoms with Crippen LogP contribution in [0.4, 0.5) is 0 Å². The second kappa shape index (κ2) is 8.72. The van der Waals surface area contributed by atoms with Gasteiger partial charge in [-0.25, -0.2) is 0 Å². The van der Waals surface area contributed by atoms with E-state index in [1.807, 2.05) is 54.6 Å². The topological polar surface area (TPSA) is 55.8 Å². The van der Waals surface area contributed by atoms with Crippen molar-refractivity contribution >= 4 is 11.9 Å². The van der Waals surface area contributed by atoms with Gasteiger partial charge in [0.15, 0.2) is 5.78 Å². The monoisotopic (exact) mass is 360 g/mol. The Kier molecular flexibility index (Phi) is 5.90. The molecule has 0 atom stereocenters. The lowest BCUT2D eigenvalue weighted by Crippen LogP contribution is -1.98. The summed E-state index contributed by atoms with van der Waals surface area (Å²) in [5.41, 5.74) is 2.12. The summed E-state index contributed by atoms with van der Waals surface area (Å²) in [6.45, 7) is 0.394. The first-order valence-corrected chi connectivity index (χ1v) is 8.52. The van der Waals surface area contributed by atoms with E-state index in [9.17, 15) is 9.90 Å². The molecule has 0 saturated carbocycles. The molecule has 1 N–H and O–H groups in total. The highest BCUT2D eigenvalue weighted by Gasteiger charge is 2.10. The van der Waals surface area contributed by atoms with Crippen molar-refractivity contribution < 1.29 is 19.4 Å². The minimum atomic E-state index is -0.280. The Hall–Kier alpha value is -3.53. The third-order valence-electron chi connectivity index (χ3n) is 4.03. The van der Waals surface area contributed by atoms with Crippen LogP contribution >= 0.6 is 0 Å². The van der Waals surface area contributed by atoms with E-state index in [0.717, 1.165) is 16.9 Å². The molecule has 4 nitrogen and oxygen atoms in total. The fourth-order valence-corrected chi connectivity index (χ4v) is 2.53. The van der Waals surface area contributed by atoms with Crippen LogP contribution in [0.1, 0.15) is 21.5 Å². The molecule has 0 aromatic heterocycles. The molecular formula is C23H20O4. The number of phenolic OH excluding ortho intramolecular Hbond substituents is 1. The number of carbonyl (C=O) groups is 1. The van der Waals surface area contributed by atoms with Crippen molar-refractivity contribution in [3.05, 3.63) is 95.6 Å². The van der Waals surface area contributed by atoms with Gasteiger partial charge in [0.1, 0.15) is 23.9 Å². The summed E-state index contributed by atoms with van der Waals surface area (Å²) in [6.07, 6.45) is 3.13. The zero-order valence-corrected chi connectivity index (χ0v) is 15.0. The Morgan fingerprint density at radius 1 is 0.963 bits per heavy atom. The normalized spacial score (nSPS) is 10.7. The summed E-state index contributed by atoms with van der Waals surface area (Å²) < 4.78 is 10.8. The quantitative estimate of drug-likeness (QED) is 0.482. The number of hydrogen-bond acceptors (Lipinski definition) is 4. The van der Waals surface area contributed by atoms with Gasteiger partial charge in [-0.2, -0.15) is 0 Å². The van der Waals surface area contributed by atoms with Gasteiger partial charge in [-0.15, -0.1) is 0 Å². The summed E-state index contributed by atoms with van der Waals surface area (Å²) in [4.78, 5) is 12.3. The molecule has 0 spiro atoms. The molecule has 3 aromatic carbocycles. The molecule has 0 unspecified atom stereocenters. The fraction of sp³-hybridized carbons (Fsp3) is 0.0870. The highest BCUT2D eigenvalue weighted by molar-refractivity contribution is 6.08. The number of ether oxygens (including phenoxy) is 2. The number of benzene rings is 3. The van der Waals surface area contributed by atoms with Gasteiger partial charge in [-0.1, -0.05) is 48.5 Å². The van der Waals surface area contributed by atoms with Crippen LogP contribution in [0.3, 0.4) is 0 Å². The van der Waals surface area contributed by atoms with Crippen molar-refractivity contribution in [2.75, 3.05) is 7.11 Å². The maximum atomic E-state index is 12.3. The highest BCUT2D eigenvalue weighted by Crippen LogP contribution is 2.25. The second-order valence-electron chi connectivity index (χ2n) is 5.92. The van der Waals surface area contributed by atoms with Gasteiger partial charge in [0, 0.05) is 6.07 Å². The Balaban J connectivity index is 1.65. The van der Waals surface area contributed by atoms with Gasteiger partial charge < -0.3 is 14.6 Å². The summed E-state index contributed by atoms with van der Waals surface area (Å²) in [5, 5.41) is 10.2. The molecule has 0 aliphatic rings. The number of carbonyl (C=O) groups excluding carboxylic acids is 1. The SMILES string of the molecule is COc1ccc(C=CC(=O)c2ccc(OCc3ccccc3)cc2O)cc1. The first-order chi connectivity index (χ1) is 13.2. The number of hydrogen-bond donors (Lipinski definition) is 1. The minimum absolute atomic E-state index is 0.107. The number of ketones is 1. The Bertz CT molecular complexity index is 928. The van der Waals surface area contributed by atoms with Crippen LogP contribution in [0.5, 0.6) is 17.2 Å². The zero-order valence-electron chi connectivity index (χ0n) is 15.0. The molecule has 0 radical (unpaired) electrons. The Morgan fingerprint density at radius 2 is 1.67 bits per heavy atom. The molecule has 0 heterocycles. The molecule has 0 saturated heterocycles. The van der Waals surface area contributed by atoms with E-state index < -0.39 is 0 Å². The van der Waals surface area contributed by atoms with Gasteiger partial charge in [0.2, 0.25) is 0 Å². The molecule has 0 aliphatic carbocycles. The first-order valence-electron chi connectivity index (χ1n) is 8.52. The van der Waals surface area contributed by atoms with Gasteiger partial charge in [-0.3, -0.25) is 4.79 Å². The summed E-state index contributed by atoms with van der Waals surface area (Å²) in [6, 6.07) is 21.8. The van der Waals surface area contributed by atoms with Crippen LogP contribution in [0.15, 0.2) is 78.9 Å². The summed E-state index contributed by atoms with van der Waals surface area (Å²) in [7, 11) is 1.60. The van der Waals surface area contributed by atoms with E-state index in [2.05, 4.69) is 0 Å². The number of rotatable bonds is 7. The molecule has 0 aliphatic heterocycles. The maximum absolute atomic E-state index is 12.3. The predicted octanol–water partition coefficient (Wildman–Crippen LogP) is 4.88. The van der Waals surface area contributed by atoms with Crippen molar-refractivity contribution in [3.8, 4) is 17.2 Å². The fourth-order valence-electron chi connectivity index (χ4n) is 2.53. The highest BCUT2D eigenvalue weighted by atomic mass is 16.5. The molecule has 0 bridgehead atoms. The largest absolute Gasteiger partial charge is 0.507 e. The van der Waals surface area contributed by atoms with Gasteiger partial charge >= 0.3 is 0 Å². The molecule has 0 fully saturated rings. The standard InChI is InChI=1S/C23H20O4/c1-26-19-10-7-17(8-11-19)9-14-22(24)21-13-12-20(15-23(21)25)27-16-18-5-3-2-4-6-18/h2-15,25H,16H2,1H3. The number of allylic oxidation sites excluding steroid dienone is 1. The third kappa shape index (κ3) is 4.98. The van der Waals surface area contributed by atoms with Gasteiger partial charge in [-0.05, 0) is 41.5 Å². The Morgan fingerprint density at radius 3 is 2.33 bits per heavy atom.